The van der Waals surface area contributed by atoms with Crippen LogP contribution in [0.25, 0.3) is 0 Å². The molecule has 1 amide bonds. The van der Waals surface area contributed by atoms with E-state index in [2.05, 4.69) is 10.6 Å². The van der Waals surface area contributed by atoms with Gasteiger partial charge in [0, 0.05) is 5.69 Å². The number of aromatic carboxylic acids is 1. The summed E-state index contributed by atoms with van der Waals surface area (Å²) in [5.41, 5.74) is 1.47. The molecule has 1 aliphatic heterocycles. The fourth-order valence-corrected chi connectivity index (χ4v) is 3.62. The molecule has 0 bridgehead atoms. The summed E-state index contributed by atoms with van der Waals surface area (Å²) in [5.74, 6) is 0.0192. The van der Waals surface area contributed by atoms with E-state index in [0.29, 0.717) is 23.1 Å². The highest BCUT2D eigenvalue weighted by atomic mass is 16.4. The number of aryl methyl sites for hydroxylation is 1. The zero-order valence-electron chi connectivity index (χ0n) is 12.1. The predicted octanol–water partition coefficient (Wildman–Crippen LogP) is 2.02. The number of hydrogen-bond acceptors (Lipinski definition) is 3. The number of carboxylic acids is 1. The van der Waals surface area contributed by atoms with Crippen molar-refractivity contribution < 1.29 is 14.7 Å². The molecule has 1 aromatic carbocycles. The van der Waals surface area contributed by atoms with Crippen molar-refractivity contribution in [1.82, 2.24) is 5.32 Å². The molecule has 1 aliphatic carbocycles. The van der Waals surface area contributed by atoms with E-state index < -0.39 is 5.97 Å². The van der Waals surface area contributed by atoms with E-state index in [1.165, 1.54) is 18.9 Å². The SMILES string of the molecule is Cc1ccc(NC(=O)C2NCC3CCCC32)cc1C(=O)O. The second-order valence-electron chi connectivity index (χ2n) is 6.06. The van der Waals surface area contributed by atoms with Crippen LogP contribution in [0.5, 0.6) is 0 Å². The second-order valence-corrected chi connectivity index (χ2v) is 6.06. The predicted molar refractivity (Wildman–Crippen MR) is 79.4 cm³/mol. The first-order valence-electron chi connectivity index (χ1n) is 7.44. The highest BCUT2D eigenvalue weighted by molar-refractivity contribution is 5.97. The summed E-state index contributed by atoms with van der Waals surface area (Å²) in [6, 6.07) is 4.85. The second kappa shape index (κ2) is 5.48. The molecule has 1 saturated carbocycles. The Bertz CT molecular complexity index is 585. The van der Waals surface area contributed by atoms with Crippen LogP contribution in [0.4, 0.5) is 5.69 Å². The van der Waals surface area contributed by atoms with Crippen molar-refractivity contribution in [3.05, 3.63) is 29.3 Å². The summed E-state index contributed by atoms with van der Waals surface area (Å²) in [7, 11) is 0. The Labute approximate surface area is 123 Å². The van der Waals surface area contributed by atoms with Crippen molar-refractivity contribution in [2.45, 2.75) is 32.2 Å². The number of amides is 1. The van der Waals surface area contributed by atoms with Crippen molar-refractivity contribution in [1.29, 1.82) is 0 Å². The van der Waals surface area contributed by atoms with E-state index >= 15 is 0 Å². The first-order chi connectivity index (χ1) is 10.1. The molecule has 5 heteroatoms. The van der Waals surface area contributed by atoms with Gasteiger partial charge in [0.2, 0.25) is 5.91 Å². The summed E-state index contributed by atoms with van der Waals surface area (Å²) in [6.45, 7) is 2.66. The molecule has 112 valence electrons. The summed E-state index contributed by atoms with van der Waals surface area (Å²) >= 11 is 0. The van der Waals surface area contributed by atoms with Crippen LogP contribution >= 0.6 is 0 Å². The quantitative estimate of drug-likeness (QED) is 0.795. The molecule has 2 fully saturated rings. The number of carbonyl (C=O) groups excluding carboxylic acids is 1. The Hall–Kier alpha value is -1.88. The molecule has 5 nitrogen and oxygen atoms in total. The van der Waals surface area contributed by atoms with Gasteiger partial charge >= 0.3 is 5.97 Å². The minimum absolute atomic E-state index is 0.0513. The molecule has 1 saturated heterocycles. The maximum absolute atomic E-state index is 12.4. The highest BCUT2D eigenvalue weighted by Gasteiger charge is 2.42. The molecule has 21 heavy (non-hydrogen) atoms. The summed E-state index contributed by atoms with van der Waals surface area (Å²) in [6.07, 6.45) is 3.51. The molecule has 1 aromatic rings. The first kappa shape index (κ1) is 14.1. The average Bonchev–Trinajstić information content (AvgIpc) is 3.02. The van der Waals surface area contributed by atoms with E-state index in [1.54, 1.807) is 19.1 Å². The molecule has 0 spiro atoms. The first-order valence-corrected chi connectivity index (χ1v) is 7.44. The number of anilines is 1. The molecular weight excluding hydrogens is 268 g/mol. The monoisotopic (exact) mass is 288 g/mol. The van der Waals surface area contributed by atoms with Crippen molar-refractivity contribution in [2.24, 2.45) is 11.8 Å². The van der Waals surface area contributed by atoms with Crippen LogP contribution in [0.1, 0.15) is 35.2 Å². The Morgan fingerprint density at radius 3 is 2.90 bits per heavy atom. The lowest BCUT2D eigenvalue weighted by molar-refractivity contribution is -0.118. The van der Waals surface area contributed by atoms with Gasteiger partial charge in [-0.2, -0.15) is 0 Å². The summed E-state index contributed by atoms with van der Waals surface area (Å²) < 4.78 is 0. The molecule has 3 rings (SSSR count). The van der Waals surface area contributed by atoms with Crippen molar-refractivity contribution in [2.75, 3.05) is 11.9 Å². The van der Waals surface area contributed by atoms with Gasteiger partial charge in [-0.05, 0) is 55.8 Å². The molecule has 1 heterocycles. The number of hydrogen-bond donors (Lipinski definition) is 3. The van der Waals surface area contributed by atoms with Crippen LogP contribution in [0.15, 0.2) is 18.2 Å². The lowest BCUT2D eigenvalue weighted by Gasteiger charge is -2.18. The topological polar surface area (TPSA) is 78.4 Å². The lowest BCUT2D eigenvalue weighted by atomic mass is 9.93. The standard InChI is InChI=1S/C16H20N2O3/c1-9-5-6-11(7-13(9)16(20)21)18-15(19)14-12-4-2-3-10(12)8-17-14/h5-7,10,12,14,17H,2-4,8H2,1H3,(H,18,19)(H,20,21). The van der Waals surface area contributed by atoms with Gasteiger partial charge in [0.1, 0.15) is 0 Å². The summed E-state index contributed by atoms with van der Waals surface area (Å²) in [5, 5.41) is 15.3. The smallest absolute Gasteiger partial charge is 0.336 e. The molecule has 3 atom stereocenters. The van der Waals surface area contributed by atoms with Gasteiger partial charge in [-0.15, -0.1) is 0 Å². The molecule has 2 aliphatic rings. The van der Waals surface area contributed by atoms with E-state index in [-0.39, 0.29) is 17.5 Å². The summed E-state index contributed by atoms with van der Waals surface area (Å²) in [4.78, 5) is 23.5. The van der Waals surface area contributed by atoms with Gasteiger partial charge in [-0.25, -0.2) is 4.79 Å². The van der Waals surface area contributed by atoms with E-state index in [0.717, 1.165) is 13.0 Å². The third-order valence-electron chi connectivity index (χ3n) is 4.76. The zero-order valence-corrected chi connectivity index (χ0v) is 12.1. The molecule has 3 unspecified atom stereocenters. The number of carbonyl (C=O) groups is 2. The van der Waals surface area contributed by atoms with Gasteiger partial charge in [-0.3, -0.25) is 4.79 Å². The molecule has 0 radical (unpaired) electrons. The lowest BCUT2D eigenvalue weighted by Crippen LogP contribution is -2.39. The third-order valence-corrected chi connectivity index (χ3v) is 4.76. The Balaban J connectivity index is 1.73. The molecular formula is C16H20N2O3. The maximum atomic E-state index is 12.4. The number of rotatable bonds is 3. The van der Waals surface area contributed by atoms with E-state index in [9.17, 15) is 9.59 Å². The van der Waals surface area contributed by atoms with Crippen LogP contribution in [0.2, 0.25) is 0 Å². The normalized spacial score (nSPS) is 27.4. The minimum atomic E-state index is -0.974. The van der Waals surface area contributed by atoms with E-state index in [4.69, 9.17) is 5.11 Å². The third kappa shape index (κ3) is 2.65. The van der Waals surface area contributed by atoms with Crippen LogP contribution in [0.3, 0.4) is 0 Å². The van der Waals surface area contributed by atoms with Crippen LogP contribution in [-0.2, 0) is 4.79 Å². The molecule has 3 N–H and O–H groups in total. The van der Waals surface area contributed by atoms with Gasteiger partial charge in [0.05, 0.1) is 11.6 Å². The maximum Gasteiger partial charge on any atom is 0.336 e. The van der Waals surface area contributed by atoms with Gasteiger partial charge in [0.15, 0.2) is 0 Å². The highest BCUT2D eigenvalue weighted by Crippen LogP contribution is 2.38. The van der Waals surface area contributed by atoms with Gasteiger partial charge < -0.3 is 15.7 Å². The number of benzene rings is 1. The van der Waals surface area contributed by atoms with E-state index in [1.807, 2.05) is 0 Å². The number of nitrogens with one attached hydrogen (secondary N) is 2. The van der Waals surface area contributed by atoms with Crippen molar-refractivity contribution in [3.63, 3.8) is 0 Å². The minimum Gasteiger partial charge on any atom is -0.478 e. The van der Waals surface area contributed by atoms with Gasteiger partial charge in [0.25, 0.3) is 0 Å². The van der Waals surface area contributed by atoms with Gasteiger partial charge in [-0.1, -0.05) is 12.5 Å². The Morgan fingerprint density at radius 1 is 1.33 bits per heavy atom. The average molecular weight is 288 g/mol. The van der Waals surface area contributed by atoms with Crippen LogP contribution < -0.4 is 10.6 Å². The fraction of sp³-hybridized carbons (Fsp3) is 0.500. The van der Waals surface area contributed by atoms with Crippen molar-refractivity contribution in [3.8, 4) is 0 Å². The largest absolute Gasteiger partial charge is 0.478 e. The number of fused-ring (bicyclic) bond motifs is 1. The zero-order chi connectivity index (χ0) is 15.0. The number of carboxylic acid groups (broad SMARTS) is 1. The van der Waals surface area contributed by atoms with Crippen LogP contribution in [-0.4, -0.2) is 29.6 Å². The van der Waals surface area contributed by atoms with Crippen molar-refractivity contribution >= 4 is 17.6 Å². The Kier molecular flexibility index (Phi) is 3.68. The fourth-order valence-electron chi connectivity index (χ4n) is 3.62. The molecule has 0 aromatic heterocycles. The Morgan fingerprint density at radius 2 is 2.14 bits per heavy atom. The van der Waals surface area contributed by atoms with Crippen LogP contribution in [0, 0.1) is 18.8 Å².